The van der Waals surface area contributed by atoms with Gasteiger partial charge < -0.3 is 5.32 Å². The lowest BCUT2D eigenvalue weighted by atomic mass is 10.1. The summed E-state index contributed by atoms with van der Waals surface area (Å²) >= 11 is 0. The number of benzene rings is 1. The molecular weight excluding hydrogens is 336 g/mol. The molecule has 0 aliphatic carbocycles. The highest BCUT2D eigenvalue weighted by atomic mass is 15.2. The maximum absolute atomic E-state index is 4.71. The Hall–Kier alpha value is -2.73. The standard InChI is InChI=1S/C21H26N6/c1-16-10-22-21(25-20(16)19-12-24-26(2)15-19)23-11-18-8-9-27(14-18)13-17-6-4-3-5-7-17/h3-7,10,12,15,18H,8-9,11,13-14H2,1-2H3,(H,22,23,25)/t18-/m1/s1. The van der Waals surface area contributed by atoms with E-state index in [4.69, 9.17) is 4.98 Å². The van der Waals surface area contributed by atoms with Crippen LogP contribution in [0, 0.1) is 12.8 Å². The molecule has 0 unspecified atom stereocenters. The van der Waals surface area contributed by atoms with Gasteiger partial charge in [-0.25, -0.2) is 9.97 Å². The predicted octanol–water partition coefficient (Wildman–Crippen LogP) is 3.12. The zero-order valence-electron chi connectivity index (χ0n) is 16.0. The van der Waals surface area contributed by atoms with E-state index < -0.39 is 0 Å². The minimum atomic E-state index is 0.625. The Balaban J connectivity index is 1.34. The average Bonchev–Trinajstić information content (AvgIpc) is 3.31. The van der Waals surface area contributed by atoms with Gasteiger partial charge in [0.1, 0.15) is 0 Å². The summed E-state index contributed by atoms with van der Waals surface area (Å²) < 4.78 is 1.80. The van der Waals surface area contributed by atoms with Gasteiger partial charge in [0.15, 0.2) is 0 Å². The van der Waals surface area contributed by atoms with E-state index in [0.717, 1.165) is 43.0 Å². The van der Waals surface area contributed by atoms with Gasteiger partial charge in [0.2, 0.25) is 5.95 Å². The molecular formula is C21H26N6. The molecule has 0 radical (unpaired) electrons. The Bertz CT molecular complexity index is 889. The van der Waals surface area contributed by atoms with Crippen LogP contribution in [0.4, 0.5) is 5.95 Å². The molecule has 0 amide bonds. The molecule has 6 heteroatoms. The number of anilines is 1. The minimum absolute atomic E-state index is 0.625. The SMILES string of the molecule is Cc1cnc(NC[C@H]2CCN(Cc3ccccc3)C2)nc1-c1cnn(C)c1. The summed E-state index contributed by atoms with van der Waals surface area (Å²) in [5, 5.41) is 7.68. The molecule has 3 aromatic rings. The first kappa shape index (κ1) is 17.7. The lowest BCUT2D eigenvalue weighted by molar-refractivity contribution is 0.319. The summed E-state index contributed by atoms with van der Waals surface area (Å²) in [4.78, 5) is 11.7. The number of aryl methyl sites for hydroxylation is 2. The van der Waals surface area contributed by atoms with Crippen LogP contribution in [0.15, 0.2) is 48.9 Å². The van der Waals surface area contributed by atoms with E-state index >= 15 is 0 Å². The molecule has 4 rings (SSSR count). The molecule has 1 N–H and O–H groups in total. The van der Waals surface area contributed by atoms with Crippen LogP contribution < -0.4 is 5.32 Å². The molecule has 140 valence electrons. The molecule has 6 nitrogen and oxygen atoms in total. The van der Waals surface area contributed by atoms with Crippen molar-refractivity contribution in [3.05, 3.63) is 60.0 Å². The van der Waals surface area contributed by atoms with E-state index in [0.29, 0.717) is 11.9 Å². The Morgan fingerprint density at radius 2 is 2.04 bits per heavy atom. The van der Waals surface area contributed by atoms with Crippen LogP contribution in [-0.4, -0.2) is 44.3 Å². The highest BCUT2D eigenvalue weighted by Gasteiger charge is 2.22. The molecule has 1 saturated heterocycles. The van der Waals surface area contributed by atoms with Gasteiger partial charge in [0, 0.05) is 44.6 Å². The number of hydrogen-bond acceptors (Lipinski definition) is 5. The van der Waals surface area contributed by atoms with Crippen molar-refractivity contribution in [3.8, 4) is 11.3 Å². The van der Waals surface area contributed by atoms with E-state index in [1.807, 2.05) is 32.6 Å². The van der Waals surface area contributed by atoms with E-state index in [1.54, 1.807) is 4.68 Å². The third-order valence-corrected chi connectivity index (χ3v) is 5.12. The number of likely N-dealkylation sites (tertiary alicyclic amines) is 1. The van der Waals surface area contributed by atoms with E-state index in [2.05, 4.69) is 50.6 Å². The minimum Gasteiger partial charge on any atom is -0.354 e. The fraction of sp³-hybridized carbons (Fsp3) is 0.381. The van der Waals surface area contributed by atoms with Gasteiger partial charge in [-0.05, 0) is 36.9 Å². The predicted molar refractivity (Wildman–Crippen MR) is 107 cm³/mol. The number of aromatic nitrogens is 4. The van der Waals surface area contributed by atoms with Crippen molar-refractivity contribution < 1.29 is 0 Å². The second-order valence-corrected chi connectivity index (χ2v) is 7.38. The molecule has 1 aliphatic rings. The summed E-state index contributed by atoms with van der Waals surface area (Å²) in [6.07, 6.45) is 6.92. The second kappa shape index (κ2) is 7.88. The normalized spacial score (nSPS) is 17.3. The first-order valence-corrected chi connectivity index (χ1v) is 9.50. The molecule has 0 saturated carbocycles. The summed E-state index contributed by atoms with van der Waals surface area (Å²) in [5.41, 5.74) is 4.41. The zero-order valence-corrected chi connectivity index (χ0v) is 16.0. The number of rotatable bonds is 6. The summed E-state index contributed by atoms with van der Waals surface area (Å²) in [6, 6.07) is 10.7. The molecule has 0 spiro atoms. The molecule has 1 atom stereocenters. The average molecular weight is 362 g/mol. The molecule has 3 heterocycles. The van der Waals surface area contributed by atoms with Gasteiger partial charge in [0.25, 0.3) is 0 Å². The van der Waals surface area contributed by atoms with Gasteiger partial charge in [-0.3, -0.25) is 9.58 Å². The number of nitrogens with zero attached hydrogens (tertiary/aromatic N) is 5. The van der Waals surface area contributed by atoms with Crippen molar-refractivity contribution in [1.29, 1.82) is 0 Å². The van der Waals surface area contributed by atoms with Gasteiger partial charge in [0.05, 0.1) is 11.9 Å². The van der Waals surface area contributed by atoms with Crippen LogP contribution in [0.5, 0.6) is 0 Å². The molecule has 1 fully saturated rings. The highest BCUT2D eigenvalue weighted by molar-refractivity contribution is 5.62. The number of nitrogens with one attached hydrogen (secondary N) is 1. The van der Waals surface area contributed by atoms with Crippen molar-refractivity contribution in [2.75, 3.05) is 25.0 Å². The fourth-order valence-electron chi connectivity index (χ4n) is 3.66. The zero-order chi connectivity index (χ0) is 18.6. The van der Waals surface area contributed by atoms with Crippen LogP contribution in [-0.2, 0) is 13.6 Å². The van der Waals surface area contributed by atoms with Crippen LogP contribution >= 0.6 is 0 Å². The van der Waals surface area contributed by atoms with Crippen LogP contribution in [0.2, 0.25) is 0 Å². The van der Waals surface area contributed by atoms with Gasteiger partial charge in [-0.15, -0.1) is 0 Å². The maximum Gasteiger partial charge on any atom is 0.223 e. The monoisotopic (exact) mass is 362 g/mol. The van der Waals surface area contributed by atoms with Crippen LogP contribution in [0.3, 0.4) is 0 Å². The van der Waals surface area contributed by atoms with Crippen molar-refractivity contribution in [2.45, 2.75) is 19.9 Å². The third-order valence-electron chi connectivity index (χ3n) is 5.12. The first-order chi connectivity index (χ1) is 13.2. The molecule has 1 aromatic carbocycles. The smallest absolute Gasteiger partial charge is 0.223 e. The first-order valence-electron chi connectivity index (χ1n) is 9.50. The van der Waals surface area contributed by atoms with Crippen LogP contribution in [0.25, 0.3) is 11.3 Å². The molecule has 0 bridgehead atoms. The second-order valence-electron chi connectivity index (χ2n) is 7.38. The van der Waals surface area contributed by atoms with Crippen molar-refractivity contribution in [1.82, 2.24) is 24.6 Å². The highest BCUT2D eigenvalue weighted by Crippen LogP contribution is 2.22. The number of hydrogen-bond donors (Lipinski definition) is 1. The van der Waals surface area contributed by atoms with E-state index in [9.17, 15) is 0 Å². The summed E-state index contributed by atoms with van der Waals surface area (Å²) in [5.74, 6) is 1.32. The summed E-state index contributed by atoms with van der Waals surface area (Å²) in [7, 11) is 1.92. The molecule has 1 aliphatic heterocycles. The van der Waals surface area contributed by atoms with Crippen molar-refractivity contribution in [3.63, 3.8) is 0 Å². The lowest BCUT2D eigenvalue weighted by Gasteiger charge is -2.16. The van der Waals surface area contributed by atoms with Crippen molar-refractivity contribution in [2.24, 2.45) is 13.0 Å². The van der Waals surface area contributed by atoms with E-state index in [1.165, 1.54) is 12.0 Å². The quantitative estimate of drug-likeness (QED) is 0.730. The maximum atomic E-state index is 4.71. The Morgan fingerprint density at radius 3 is 2.81 bits per heavy atom. The van der Waals surface area contributed by atoms with Crippen LogP contribution in [0.1, 0.15) is 17.5 Å². The summed E-state index contributed by atoms with van der Waals surface area (Å²) in [6.45, 7) is 6.23. The Kier molecular flexibility index (Phi) is 5.16. The van der Waals surface area contributed by atoms with Gasteiger partial charge >= 0.3 is 0 Å². The Labute approximate surface area is 160 Å². The van der Waals surface area contributed by atoms with Crippen molar-refractivity contribution >= 4 is 5.95 Å². The van der Waals surface area contributed by atoms with Gasteiger partial charge in [-0.2, -0.15) is 5.10 Å². The topological polar surface area (TPSA) is 58.9 Å². The third kappa shape index (κ3) is 4.34. The van der Waals surface area contributed by atoms with E-state index in [-0.39, 0.29) is 0 Å². The Morgan fingerprint density at radius 1 is 1.19 bits per heavy atom. The van der Waals surface area contributed by atoms with Gasteiger partial charge in [-0.1, -0.05) is 30.3 Å². The largest absolute Gasteiger partial charge is 0.354 e. The fourth-order valence-corrected chi connectivity index (χ4v) is 3.66. The molecule has 27 heavy (non-hydrogen) atoms. The molecule has 2 aromatic heterocycles. The lowest BCUT2D eigenvalue weighted by Crippen LogP contribution is -2.23.